The summed E-state index contributed by atoms with van der Waals surface area (Å²) in [6.07, 6.45) is 1.67. The van der Waals surface area contributed by atoms with Crippen LogP contribution in [0, 0.1) is 0 Å². The van der Waals surface area contributed by atoms with Crippen molar-refractivity contribution in [2.45, 2.75) is 19.8 Å². The number of aromatic nitrogens is 2. The number of nitrogens with zero attached hydrogens (tertiary/aromatic N) is 2. The van der Waals surface area contributed by atoms with Gasteiger partial charge in [0.15, 0.2) is 18.6 Å². The van der Waals surface area contributed by atoms with Gasteiger partial charge in [-0.3, -0.25) is 0 Å². The summed E-state index contributed by atoms with van der Waals surface area (Å²) in [7, 11) is 1.87. The average molecular weight is 127 g/mol. The molecular weight excluding hydrogens is 116 g/mol. The van der Waals surface area contributed by atoms with Crippen molar-refractivity contribution in [1.29, 1.82) is 0 Å². The Morgan fingerprint density at radius 2 is 2.33 bits per heavy atom. The molecule has 0 aliphatic carbocycles. The molecule has 1 aromatic heterocycles. The molecule has 0 saturated carbocycles. The number of hydrogen-bond donors (Lipinski definition) is 0. The molecule has 0 atom stereocenters. The SMILES string of the molecule is CC(C)c1con[n+]1C. The minimum atomic E-state index is 0.487. The van der Waals surface area contributed by atoms with Gasteiger partial charge in [-0.1, -0.05) is 18.5 Å². The van der Waals surface area contributed by atoms with E-state index >= 15 is 0 Å². The largest absolute Gasteiger partial charge is 0.309 e. The van der Waals surface area contributed by atoms with Gasteiger partial charge in [-0.15, -0.1) is 0 Å². The molecule has 0 spiro atoms. The zero-order valence-electron chi connectivity index (χ0n) is 5.96. The van der Waals surface area contributed by atoms with Crippen LogP contribution in [0.2, 0.25) is 0 Å². The van der Waals surface area contributed by atoms with Gasteiger partial charge in [0.05, 0.1) is 0 Å². The fourth-order valence-corrected chi connectivity index (χ4v) is 0.781. The van der Waals surface area contributed by atoms with Crippen LogP contribution < -0.4 is 4.68 Å². The van der Waals surface area contributed by atoms with E-state index in [1.54, 1.807) is 10.9 Å². The summed E-state index contributed by atoms with van der Waals surface area (Å²) in [5, 5.41) is 3.68. The summed E-state index contributed by atoms with van der Waals surface area (Å²) in [5.41, 5.74) is 1.12. The monoisotopic (exact) mass is 127 g/mol. The normalized spacial score (nSPS) is 10.7. The highest BCUT2D eigenvalue weighted by Gasteiger charge is 2.14. The molecule has 1 rings (SSSR count). The Balaban J connectivity index is 2.94. The van der Waals surface area contributed by atoms with Crippen LogP contribution in [0.5, 0.6) is 0 Å². The Labute approximate surface area is 54.3 Å². The Morgan fingerprint density at radius 3 is 2.56 bits per heavy atom. The molecule has 0 aliphatic heterocycles. The third-order valence-electron chi connectivity index (χ3n) is 1.31. The average Bonchev–Trinajstić information content (AvgIpc) is 2.13. The Hall–Kier alpha value is -0.860. The zero-order valence-corrected chi connectivity index (χ0v) is 5.96. The molecule has 0 unspecified atom stereocenters. The summed E-state index contributed by atoms with van der Waals surface area (Å²) in [4.78, 5) is 0. The van der Waals surface area contributed by atoms with Crippen LogP contribution in [0.1, 0.15) is 25.5 Å². The van der Waals surface area contributed by atoms with Gasteiger partial charge >= 0.3 is 0 Å². The maximum Gasteiger partial charge on any atom is 0.251 e. The molecule has 0 N–H and O–H groups in total. The van der Waals surface area contributed by atoms with Crippen molar-refractivity contribution in [1.82, 2.24) is 5.27 Å². The van der Waals surface area contributed by atoms with Crippen molar-refractivity contribution in [2.24, 2.45) is 7.05 Å². The maximum absolute atomic E-state index is 4.72. The van der Waals surface area contributed by atoms with Gasteiger partial charge < -0.3 is 4.52 Å². The second-order valence-electron chi connectivity index (χ2n) is 2.41. The summed E-state index contributed by atoms with van der Waals surface area (Å²) < 4.78 is 6.46. The van der Waals surface area contributed by atoms with Crippen molar-refractivity contribution in [2.75, 3.05) is 0 Å². The fraction of sp³-hybridized carbons (Fsp3) is 0.667. The highest BCUT2D eigenvalue weighted by atomic mass is 16.5. The van der Waals surface area contributed by atoms with E-state index in [0.29, 0.717) is 5.92 Å². The molecule has 0 saturated heterocycles. The predicted octanol–water partition coefficient (Wildman–Crippen LogP) is 0.623. The molecule has 0 bridgehead atoms. The topological polar surface area (TPSA) is 29.9 Å². The van der Waals surface area contributed by atoms with Crippen LogP contribution in [-0.4, -0.2) is 5.27 Å². The first-order valence-corrected chi connectivity index (χ1v) is 3.02. The third kappa shape index (κ3) is 1.09. The molecule has 1 aromatic rings. The third-order valence-corrected chi connectivity index (χ3v) is 1.31. The van der Waals surface area contributed by atoms with Crippen LogP contribution in [0.25, 0.3) is 0 Å². The molecule has 50 valence electrons. The van der Waals surface area contributed by atoms with Crippen molar-refractivity contribution in [3.8, 4) is 0 Å². The lowest BCUT2D eigenvalue weighted by Crippen LogP contribution is -2.34. The van der Waals surface area contributed by atoms with Gasteiger partial charge in [0.1, 0.15) is 0 Å². The Morgan fingerprint density at radius 1 is 1.67 bits per heavy atom. The number of aryl methyl sites for hydroxylation is 1. The lowest BCUT2D eigenvalue weighted by molar-refractivity contribution is -0.746. The van der Waals surface area contributed by atoms with Crippen molar-refractivity contribution in [3.63, 3.8) is 0 Å². The van der Waals surface area contributed by atoms with Gasteiger partial charge in [0.25, 0.3) is 5.69 Å². The van der Waals surface area contributed by atoms with Crippen LogP contribution >= 0.6 is 0 Å². The Bertz CT molecular complexity index is 193. The van der Waals surface area contributed by atoms with E-state index < -0.39 is 0 Å². The summed E-state index contributed by atoms with van der Waals surface area (Å²) in [6, 6.07) is 0. The van der Waals surface area contributed by atoms with Crippen LogP contribution in [0.3, 0.4) is 0 Å². The maximum atomic E-state index is 4.72. The minimum Gasteiger partial charge on any atom is -0.309 e. The van der Waals surface area contributed by atoms with Gasteiger partial charge in [-0.25, -0.2) is 0 Å². The molecular formula is C6H11N2O+. The molecule has 0 amide bonds. The highest BCUT2D eigenvalue weighted by Crippen LogP contribution is 2.06. The van der Waals surface area contributed by atoms with Crippen molar-refractivity contribution < 1.29 is 9.20 Å². The van der Waals surface area contributed by atoms with Crippen LogP contribution in [0.4, 0.5) is 0 Å². The Kier molecular flexibility index (Phi) is 1.51. The van der Waals surface area contributed by atoms with Gasteiger partial charge in [0, 0.05) is 5.92 Å². The lowest BCUT2D eigenvalue weighted by atomic mass is 10.2. The van der Waals surface area contributed by atoms with E-state index in [1.165, 1.54) is 0 Å². The first-order chi connectivity index (χ1) is 4.22. The molecule has 3 heteroatoms. The first kappa shape index (κ1) is 6.26. The predicted molar refractivity (Wildman–Crippen MR) is 31.8 cm³/mol. The standard InChI is InChI=1S/C6H11N2O/c1-5(2)6-4-9-7-8(6)3/h4-5H,1-3H3/q+1. The first-order valence-electron chi connectivity index (χ1n) is 3.02. The molecule has 1 heterocycles. The number of hydrogen-bond acceptors (Lipinski definition) is 2. The molecule has 9 heavy (non-hydrogen) atoms. The summed E-state index contributed by atoms with van der Waals surface area (Å²) >= 11 is 0. The minimum absolute atomic E-state index is 0.487. The van der Waals surface area contributed by atoms with E-state index in [4.69, 9.17) is 4.52 Å². The van der Waals surface area contributed by atoms with E-state index in [0.717, 1.165) is 5.69 Å². The molecule has 0 aromatic carbocycles. The second kappa shape index (κ2) is 2.17. The highest BCUT2D eigenvalue weighted by molar-refractivity contribution is 4.88. The van der Waals surface area contributed by atoms with Gasteiger partial charge in [-0.05, 0) is 0 Å². The smallest absolute Gasteiger partial charge is 0.251 e. The summed E-state index contributed by atoms with van der Waals surface area (Å²) in [5.74, 6) is 0.487. The van der Waals surface area contributed by atoms with E-state index in [2.05, 4.69) is 19.1 Å². The van der Waals surface area contributed by atoms with Crippen LogP contribution in [0.15, 0.2) is 10.8 Å². The van der Waals surface area contributed by atoms with E-state index in [1.807, 2.05) is 7.05 Å². The zero-order chi connectivity index (χ0) is 6.85. The lowest BCUT2D eigenvalue weighted by Gasteiger charge is -1.89. The second-order valence-corrected chi connectivity index (χ2v) is 2.41. The van der Waals surface area contributed by atoms with E-state index in [-0.39, 0.29) is 0 Å². The quantitative estimate of drug-likeness (QED) is 0.518. The molecule has 3 nitrogen and oxygen atoms in total. The summed E-state index contributed by atoms with van der Waals surface area (Å²) in [6.45, 7) is 4.21. The van der Waals surface area contributed by atoms with Crippen molar-refractivity contribution >= 4 is 0 Å². The van der Waals surface area contributed by atoms with Gasteiger partial charge in [-0.2, -0.15) is 0 Å². The van der Waals surface area contributed by atoms with E-state index in [9.17, 15) is 0 Å². The molecule has 0 aliphatic rings. The number of rotatable bonds is 1. The fourth-order valence-electron chi connectivity index (χ4n) is 0.781. The van der Waals surface area contributed by atoms with Gasteiger partial charge in [0.2, 0.25) is 0 Å². The molecule has 0 radical (unpaired) electrons. The van der Waals surface area contributed by atoms with Crippen molar-refractivity contribution in [3.05, 3.63) is 12.0 Å². The van der Waals surface area contributed by atoms with Crippen LogP contribution in [-0.2, 0) is 7.05 Å². The molecule has 0 fully saturated rings.